The van der Waals surface area contributed by atoms with Gasteiger partial charge in [-0.1, -0.05) is 60.6 Å². The van der Waals surface area contributed by atoms with Gasteiger partial charge < -0.3 is 16.0 Å². The second kappa shape index (κ2) is 10.2. The maximum atomic E-state index is 12.6. The zero-order valence-corrected chi connectivity index (χ0v) is 18.2. The Kier molecular flexibility index (Phi) is 8.66. The van der Waals surface area contributed by atoms with Gasteiger partial charge >= 0.3 is 0 Å². The Morgan fingerprint density at radius 1 is 0.857 bits per heavy atom. The van der Waals surface area contributed by atoms with E-state index in [0.717, 1.165) is 5.56 Å². The standard InChI is InChI=1S/C22H35N3O3/c1-14(2)18(21(28)24-13-12-23-19(26)15(3)4)25-20(27)16-8-10-17(11-9-16)22(5,6)7/h8-11,14-15,18H,12-13H2,1-7H3,(H,23,26)(H,24,28)(H,25,27). The maximum absolute atomic E-state index is 12.6. The summed E-state index contributed by atoms with van der Waals surface area (Å²) in [7, 11) is 0. The minimum absolute atomic E-state index is 0.0142. The SMILES string of the molecule is CC(C)C(=O)NCCNC(=O)C(NC(=O)c1ccc(C(C)(C)C)cc1)C(C)C. The third-order valence-corrected chi connectivity index (χ3v) is 4.50. The molecule has 0 aliphatic rings. The van der Waals surface area contributed by atoms with Crippen LogP contribution in [0.1, 0.15) is 64.4 Å². The van der Waals surface area contributed by atoms with Gasteiger partial charge in [0, 0.05) is 24.6 Å². The van der Waals surface area contributed by atoms with Crippen molar-refractivity contribution in [3.63, 3.8) is 0 Å². The van der Waals surface area contributed by atoms with E-state index < -0.39 is 6.04 Å². The highest BCUT2D eigenvalue weighted by Gasteiger charge is 2.24. The molecule has 1 aromatic carbocycles. The molecule has 1 unspecified atom stereocenters. The van der Waals surface area contributed by atoms with Crippen LogP contribution in [0.25, 0.3) is 0 Å². The molecule has 0 fully saturated rings. The van der Waals surface area contributed by atoms with Crippen LogP contribution in [0.3, 0.4) is 0 Å². The lowest BCUT2D eigenvalue weighted by Crippen LogP contribution is -2.51. The fourth-order valence-corrected chi connectivity index (χ4v) is 2.57. The number of hydrogen-bond acceptors (Lipinski definition) is 3. The molecule has 0 heterocycles. The molecule has 1 atom stereocenters. The minimum Gasteiger partial charge on any atom is -0.354 e. The first-order valence-corrected chi connectivity index (χ1v) is 9.90. The first kappa shape index (κ1) is 23.7. The van der Waals surface area contributed by atoms with Crippen molar-refractivity contribution in [2.75, 3.05) is 13.1 Å². The lowest BCUT2D eigenvalue weighted by atomic mass is 9.86. The van der Waals surface area contributed by atoms with E-state index in [1.54, 1.807) is 12.1 Å². The Morgan fingerprint density at radius 2 is 1.36 bits per heavy atom. The van der Waals surface area contributed by atoms with Crippen LogP contribution in [0.5, 0.6) is 0 Å². The number of benzene rings is 1. The molecule has 3 amide bonds. The fraction of sp³-hybridized carbons (Fsp3) is 0.591. The molecule has 156 valence electrons. The summed E-state index contributed by atoms with van der Waals surface area (Å²) in [6, 6.07) is 6.81. The molecule has 0 aliphatic carbocycles. The quantitative estimate of drug-likeness (QED) is 0.597. The first-order chi connectivity index (χ1) is 12.9. The number of carbonyl (C=O) groups excluding carboxylic acids is 3. The second-order valence-corrected chi connectivity index (χ2v) is 8.76. The molecule has 0 aliphatic heterocycles. The zero-order valence-electron chi connectivity index (χ0n) is 18.2. The molecule has 1 aromatic rings. The molecule has 0 spiro atoms. The Labute approximate surface area is 168 Å². The molecule has 0 aromatic heterocycles. The molecule has 0 radical (unpaired) electrons. The lowest BCUT2D eigenvalue weighted by molar-refractivity contribution is -0.125. The summed E-state index contributed by atoms with van der Waals surface area (Å²) >= 11 is 0. The van der Waals surface area contributed by atoms with E-state index in [-0.39, 0.29) is 35.0 Å². The highest BCUT2D eigenvalue weighted by molar-refractivity contribution is 5.97. The summed E-state index contributed by atoms with van der Waals surface area (Å²) in [5, 5.41) is 8.34. The van der Waals surface area contributed by atoms with Gasteiger partial charge in [-0.05, 0) is 29.0 Å². The largest absolute Gasteiger partial charge is 0.354 e. The number of carbonyl (C=O) groups is 3. The predicted octanol–water partition coefficient (Wildman–Crippen LogP) is 2.63. The van der Waals surface area contributed by atoms with Crippen molar-refractivity contribution in [3.8, 4) is 0 Å². The van der Waals surface area contributed by atoms with E-state index in [1.165, 1.54) is 0 Å². The minimum atomic E-state index is -0.643. The molecule has 6 heteroatoms. The molecular weight excluding hydrogens is 354 g/mol. The van der Waals surface area contributed by atoms with Crippen LogP contribution in [-0.4, -0.2) is 36.9 Å². The topological polar surface area (TPSA) is 87.3 Å². The lowest BCUT2D eigenvalue weighted by Gasteiger charge is -2.22. The van der Waals surface area contributed by atoms with Crippen molar-refractivity contribution in [1.29, 1.82) is 0 Å². The van der Waals surface area contributed by atoms with Crippen molar-refractivity contribution in [1.82, 2.24) is 16.0 Å². The maximum Gasteiger partial charge on any atom is 0.251 e. The average molecular weight is 390 g/mol. The van der Waals surface area contributed by atoms with Crippen LogP contribution < -0.4 is 16.0 Å². The predicted molar refractivity (Wildman–Crippen MR) is 112 cm³/mol. The zero-order chi connectivity index (χ0) is 21.5. The molecule has 0 bridgehead atoms. The van der Waals surface area contributed by atoms with Gasteiger partial charge in [-0.25, -0.2) is 0 Å². The molecule has 3 N–H and O–H groups in total. The third kappa shape index (κ3) is 7.33. The number of nitrogens with one attached hydrogen (secondary N) is 3. The Morgan fingerprint density at radius 3 is 1.79 bits per heavy atom. The fourth-order valence-electron chi connectivity index (χ4n) is 2.57. The van der Waals surface area contributed by atoms with Gasteiger partial charge in [0.15, 0.2) is 0 Å². The van der Waals surface area contributed by atoms with Crippen LogP contribution in [-0.2, 0) is 15.0 Å². The van der Waals surface area contributed by atoms with Crippen molar-refractivity contribution < 1.29 is 14.4 Å². The van der Waals surface area contributed by atoms with Crippen molar-refractivity contribution in [2.24, 2.45) is 11.8 Å². The van der Waals surface area contributed by atoms with Gasteiger partial charge in [0.25, 0.3) is 5.91 Å². The number of amides is 3. The van der Waals surface area contributed by atoms with E-state index in [0.29, 0.717) is 18.7 Å². The summed E-state index contributed by atoms with van der Waals surface area (Å²) in [4.78, 5) is 36.6. The molecule has 1 rings (SSSR count). The Hall–Kier alpha value is -2.37. The van der Waals surface area contributed by atoms with E-state index in [9.17, 15) is 14.4 Å². The van der Waals surface area contributed by atoms with Crippen LogP contribution in [0.2, 0.25) is 0 Å². The highest BCUT2D eigenvalue weighted by atomic mass is 16.2. The summed E-state index contributed by atoms with van der Waals surface area (Å²) in [6.45, 7) is 14.4. The van der Waals surface area contributed by atoms with Gasteiger partial charge in [0.1, 0.15) is 6.04 Å². The van der Waals surface area contributed by atoms with Crippen LogP contribution in [0.4, 0.5) is 0 Å². The monoisotopic (exact) mass is 389 g/mol. The number of rotatable bonds is 8. The summed E-state index contributed by atoms with van der Waals surface area (Å²) < 4.78 is 0. The molecule has 28 heavy (non-hydrogen) atoms. The Bertz CT molecular complexity index is 673. The molecule has 0 saturated carbocycles. The average Bonchev–Trinajstić information content (AvgIpc) is 2.61. The molecule has 0 saturated heterocycles. The summed E-state index contributed by atoms with van der Waals surface area (Å²) in [5.41, 5.74) is 1.68. The van der Waals surface area contributed by atoms with Gasteiger partial charge in [-0.15, -0.1) is 0 Å². The molecule has 6 nitrogen and oxygen atoms in total. The van der Waals surface area contributed by atoms with Crippen LogP contribution in [0, 0.1) is 11.8 Å². The Balaban J connectivity index is 2.64. The van der Waals surface area contributed by atoms with Gasteiger partial charge in [-0.3, -0.25) is 14.4 Å². The summed E-state index contributed by atoms with van der Waals surface area (Å²) in [6.07, 6.45) is 0. The van der Waals surface area contributed by atoms with E-state index >= 15 is 0 Å². The van der Waals surface area contributed by atoms with E-state index in [4.69, 9.17) is 0 Å². The van der Waals surface area contributed by atoms with Gasteiger partial charge in [0.05, 0.1) is 0 Å². The first-order valence-electron chi connectivity index (χ1n) is 9.90. The van der Waals surface area contributed by atoms with Crippen LogP contribution in [0.15, 0.2) is 24.3 Å². The van der Waals surface area contributed by atoms with E-state index in [2.05, 4.69) is 36.7 Å². The summed E-state index contributed by atoms with van der Waals surface area (Å²) in [5.74, 6) is -0.747. The van der Waals surface area contributed by atoms with Crippen molar-refractivity contribution in [3.05, 3.63) is 35.4 Å². The highest BCUT2D eigenvalue weighted by Crippen LogP contribution is 2.22. The van der Waals surface area contributed by atoms with Crippen molar-refractivity contribution >= 4 is 17.7 Å². The van der Waals surface area contributed by atoms with Crippen LogP contribution >= 0.6 is 0 Å². The third-order valence-electron chi connectivity index (χ3n) is 4.50. The van der Waals surface area contributed by atoms with E-state index in [1.807, 2.05) is 39.8 Å². The number of hydrogen-bond donors (Lipinski definition) is 3. The van der Waals surface area contributed by atoms with Gasteiger partial charge in [0.2, 0.25) is 11.8 Å². The molecular formula is C22H35N3O3. The van der Waals surface area contributed by atoms with Gasteiger partial charge in [-0.2, -0.15) is 0 Å². The normalized spacial score (nSPS) is 12.6. The smallest absolute Gasteiger partial charge is 0.251 e. The second-order valence-electron chi connectivity index (χ2n) is 8.76. The van der Waals surface area contributed by atoms with Crippen molar-refractivity contribution in [2.45, 2.75) is 59.9 Å².